The van der Waals surface area contributed by atoms with E-state index in [1.165, 1.54) is 19.1 Å². The molecule has 0 spiro atoms. The molecule has 1 unspecified atom stereocenters. The van der Waals surface area contributed by atoms with E-state index >= 15 is 0 Å². The van der Waals surface area contributed by atoms with Gasteiger partial charge < -0.3 is 4.74 Å². The summed E-state index contributed by atoms with van der Waals surface area (Å²) in [4.78, 5) is 50.1. The molecule has 6 nitrogen and oxygen atoms in total. The molecule has 23 heavy (non-hydrogen) atoms. The molecule has 0 saturated carbocycles. The largest absolute Gasteiger partial charge is 0.464 e. The van der Waals surface area contributed by atoms with Crippen molar-refractivity contribution in [2.24, 2.45) is 0 Å². The first kappa shape index (κ1) is 16.9. The van der Waals surface area contributed by atoms with E-state index in [2.05, 4.69) is 0 Å². The van der Waals surface area contributed by atoms with Gasteiger partial charge in [0.05, 0.1) is 17.7 Å². The van der Waals surface area contributed by atoms with Crippen LogP contribution in [0.3, 0.4) is 0 Å². The van der Waals surface area contributed by atoms with E-state index in [-0.39, 0.29) is 29.1 Å². The Kier molecular flexibility index (Phi) is 4.93. The van der Waals surface area contributed by atoms with Gasteiger partial charge in [0.15, 0.2) is 5.78 Å². The van der Waals surface area contributed by atoms with Gasteiger partial charge >= 0.3 is 5.97 Å². The zero-order valence-corrected chi connectivity index (χ0v) is 13.4. The topological polar surface area (TPSA) is 80.8 Å². The van der Waals surface area contributed by atoms with Crippen LogP contribution in [0.15, 0.2) is 18.2 Å². The summed E-state index contributed by atoms with van der Waals surface area (Å²) in [5.41, 5.74) is 0.436. The Labute approximate surface area is 134 Å². The zero-order valence-electron chi connectivity index (χ0n) is 13.4. The summed E-state index contributed by atoms with van der Waals surface area (Å²) in [6.07, 6.45) is 0.927. The second-order valence-corrected chi connectivity index (χ2v) is 5.32. The summed E-state index contributed by atoms with van der Waals surface area (Å²) in [6, 6.07) is 3.60. The molecule has 0 radical (unpaired) electrons. The molecule has 1 aromatic rings. The summed E-state index contributed by atoms with van der Waals surface area (Å²) in [5, 5.41) is 0. The van der Waals surface area contributed by atoms with Crippen molar-refractivity contribution in [1.29, 1.82) is 0 Å². The monoisotopic (exact) mass is 317 g/mol. The van der Waals surface area contributed by atoms with Crippen LogP contribution in [0.4, 0.5) is 0 Å². The number of ether oxygens (including phenoxy) is 1. The molecule has 2 rings (SSSR count). The molecule has 6 heteroatoms. The van der Waals surface area contributed by atoms with Crippen molar-refractivity contribution in [3.05, 3.63) is 34.9 Å². The maximum Gasteiger partial charge on any atom is 0.329 e. The predicted octanol–water partition coefficient (Wildman–Crippen LogP) is 2.22. The molecule has 0 aromatic heterocycles. The van der Waals surface area contributed by atoms with Crippen LogP contribution in [0, 0.1) is 0 Å². The minimum atomic E-state index is -0.966. The van der Waals surface area contributed by atoms with Gasteiger partial charge in [-0.15, -0.1) is 0 Å². The number of amides is 2. The average molecular weight is 317 g/mol. The summed E-state index contributed by atoms with van der Waals surface area (Å²) < 4.78 is 4.99. The fraction of sp³-hybridized carbons (Fsp3) is 0.412. The van der Waals surface area contributed by atoms with Gasteiger partial charge in [-0.3, -0.25) is 19.3 Å². The fourth-order valence-corrected chi connectivity index (χ4v) is 2.74. The molecular weight excluding hydrogens is 298 g/mol. The number of benzene rings is 1. The number of carbonyl (C=O) groups excluding carboxylic acids is 4. The molecule has 2 amide bonds. The van der Waals surface area contributed by atoms with Gasteiger partial charge in [0.1, 0.15) is 6.04 Å². The second kappa shape index (κ2) is 6.73. The summed E-state index contributed by atoms with van der Waals surface area (Å²) in [6.45, 7) is 5.02. The Morgan fingerprint density at radius 1 is 1.17 bits per heavy atom. The van der Waals surface area contributed by atoms with Gasteiger partial charge in [-0.25, -0.2) is 4.79 Å². The van der Waals surface area contributed by atoms with E-state index in [9.17, 15) is 19.2 Å². The van der Waals surface area contributed by atoms with Gasteiger partial charge in [-0.05, 0) is 26.3 Å². The first-order chi connectivity index (χ1) is 10.9. The lowest BCUT2D eigenvalue weighted by atomic mass is 10.0. The maximum atomic E-state index is 12.7. The van der Waals surface area contributed by atoms with Crippen molar-refractivity contribution in [1.82, 2.24) is 4.90 Å². The number of esters is 1. The lowest BCUT2D eigenvalue weighted by Crippen LogP contribution is -2.45. The van der Waals surface area contributed by atoms with Gasteiger partial charge in [0.25, 0.3) is 11.8 Å². The van der Waals surface area contributed by atoms with Crippen molar-refractivity contribution in [3.8, 4) is 0 Å². The number of hydrogen-bond acceptors (Lipinski definition) is 5. The first-order valence-electron chi connectivity index (χ1n) is 7.62. The van der Waals surface area contributed by atoms with Crippen molar-refractivity contribution in [2.45, 2.75) is 39.7 Å². The molecule has 1 heterocycles. The molecular formula is C17H19NO5. The van der Waals surface area contributed by atoms with Gasteiger partial charge in [-0.1, -0.05) is 25.5 Å². The number of carbonyl (C=O) groups is 4. The van der Waals surface area contributed by atoms with Crippen molar-refractivity contribution in [3.63, 3.8) is 0 Å². The number of Topliss-reactive ketones (excluding diaryl/α,β-unsaturated/α-hetero) is 1. The number of nitrogens with zero attached hydrogens (tertiary/aromatic N) is 1. The highest BCUT2D eigenvalue weighted by molar-refractivity contribution is 6.26. The smallest absolute Gasteiger partial charge is 0.329 e. The highest BCUT2D eigenvalue weighted by atomic mass is 16.5. The lowest BCUT2D eigenvalue weighted by molar-refractivity contribution is -0.148. The van der Waals surface area contributed by atoms with Crippen LogP contribution < -0.4 is 0 Å². The van der Waals surface area contributed by atoms with Crippen molar-refractivity contribution < 1.29 is 23.9 Å². The standard InChI is InChI=1S/C17H19NO5/c1-4-7-13(17(22)23-5-2)18-15(20)12-9-6-8-11(10(3)19)14(12)16(18)21/h6,8-9,13H,4-5,7H2,1-3H3. The lowest BCUT2D eigenvalue weighted by Gasteiger charge is -2.24. The predicted molar refractivity (Wildman–Crippen MR) is 82.3 cm³/mol. The summed E-state index contributed by atoms with van der Waals surface area (Å²) in [5.74, 6) is -2.07. The van der Waals surface area contributed by atoms with Crippen LogP contribution in [0.25, 0.3) is 0 Å². The fourth-order valence-electron chi connectivity index (χ4n) is 2.74. The van der Waals surface area contributed by atoms with E-state index in [1.807, 2.05) is 6.92 Å². The van der Waals surface area contributed by atoms with Gasteiger partial charge in [0, 0.05) is 5.56 Å². The van der Waals surface area contributed by atoms with Crippen molar-refractivity contribution in [2.75, 3.05) is 6.61 Å². The molecule has 0 N–H and O–H groups in total. The van der Waals surface area contributed by atoms with Gasteiger partial charge in [-0.2, -0.15) is 0 Å². The van der Waals surface area contributed by atoms with Crippen LogP contribution in [0.2, 0.25) is 0 Å². The highest BCUT2D eigenvalue weighted by Crippen LogP contribution is 2.29. The van der Waals surface area contributed by atoms with Gasteiger partial charge in [0.2, 0.25) is 0 Å². The van der Waals surface area contributed by atoms with Crippen LogP contribution >= 0.6 is 0 Å². The molecule has 1 aromatic carbocycles. The van der Waals surface area contributed by atoms with E-state index in [0.29, 0.717) is 12.8 Å². The summed E-state index contributed by atoms with van der Waals surface area (Å²) in [7, 11) is 0. The Morgan fingerprint density at radius 2 is 1.87 bits per heavy atom. The van der Waals surface area contributed by atoms with Crippen LogP contribution in [-0.2, 0) is 9.53 Å². The number of rotatable bonds is 6. The number of ketones is 1. The minimum Gasteiger partial charge on any atom is -0.464 e. The first-order valence-corrected chi connectivity index (χ1v) is 7.62. The Balaban J connectivity index is 2.48. The average Bonchev–Trinajstić information content (AvgIpc) is 2.77. The molecule has 1 aliphatic rings. The van der Waals surface area contributed by atoms with Crippen LogP contribution in [0.1, 0.15) is 64.7 Å². The van der Waals surface area contributed by atoms with E-state index in [4.69, 9.17) is 4.74 Å². The SMILES string of the molecule is CCCC(C(=O)OCC)N1C(=O)c2cccc(C(C)=O)c2C1=O. The molecule has 1 aliphatic heterocycles. The van der Waals surface area contributed by atoms with Crippen LogP contribution in [0.5, 0.6) is 0 Å². The number of hydrogen-bond donors (Lipinski definition) is 0. The third-order valence-electron chi connectivity index (χ3n) is 3.76. The molecule has 1 atom stereocenters. The third kappa shape index (κ3) is 2.88. The molecule has 122 valence electrons. The van der Waals surface area contributed by atoms with E-state index in [1.54, 1.807) is 13.0 Å². The quantitative estimate of drug-likeness (QED) is 0.456. The third-order valence-corrected chi connectivity index (χ3v) is 3.76. The number of fused-ring (bicyclic) bond motifs is 1. The molecule has 0 aliphatic carbocycles. The van der Waals surface area contributed by atoms with Crippen LogP contribution in [-0.4, -0.2) is 41.1 Å². The Bertz CT molecular complexity index is 680. The Hall–Kier alpha value is -2.50. The minimum absolute atomic E-state index is 0.0791. The number of imide groups is 1. The van der Waals surface area contributed by atoms with E-state index in [0.717, 1.165) is 4.90 Å². The Morgan fingerprint density at radius 3 is 2.43 bits per heavy atom. The zero-order chi connectivity index (χ0) is 17.1. The highest BCUT2D eigenvalue weighted by Gasteiger charge is 2.44. The second-order valence-electron chi connectivity index (χ2n) is 5.32. The summed E-state index contributed by atoms with van der Waals surface area (Å²) >= 11 is 0. The normalized spacial score (nSPS) is 14.7. The van der Waals surface area contributed by atoms with Crippen molar-refractivity contribution >= 4 is 23.6 Å². The molecule has 0 fully saturated rings. The maximum absolute atomic E-state index is 12.7. The molecule has 0 saturated heterocycles. The van der Waals surface area contributed by atoms with E-state index < -0.39 is 23.8 Å². The molecule has 0 bridgehead atoms.